The molecule has 0 spiro atoms. The lowest BCUT2D eigenvalue weighted by Gasteiger charge is -2.19. The van der Waals surface area contributed by atoms with E-state index in [-0.39, 0.29) is 18.4 Å². The van der Waals surface area contributed by atoms with Crippen LogP contribution in [0.2, 0.25) is 0 Å². The van der Waals surface area contributed by atoms with Crippen molar-refractivity contribution < 1.29 is 32.2 Å². The highest BCUT2D eigenvalue weighted by atomic mass is 19.4. The lowest BCUT2D eigenvalue weighted by Crippen LogP contribution is -2.24. The molecule has 0 saturated heterocycles. The zero-order valence-electron chi connectivity index (χ0n) is 11.1. The largest absolute Gasteiger partial charge is 0.460 e. The molecular weight excluding hydrogens is 265 g/mol. The van der Waals surface area contributed by atoms with E-state index in [1.807, 2.05) is 0 Å². The van der Waals surface area contributed by atoms with E-state index >= 15 is 0 Å². The number of carbonyl (C=O) groups excluding carboxylic acids is 2. The molecule has 0 saturated carbocycles. The van der Waals surface area contributed by atoms with E-state index in [4.69, 9.17) is 4.74 Å². The third kappa shape index (κ3) is 10.1. The predicted molar refractivity (Wildman–Crippen MR) is 61.2 cm³/mol. The monoisotopic (exact) mass is 282 g/mol. The Morgan fingerprint density at radius 2 is 1.63 bits per heavy atom. The number of hydrogen-bond donors (Lipinski definition) is 0. The van der Waals surface area contributed by atoms with Gasteiger partial charge in [-0.1, -0.05) is 6.58 Å². The molecule has 19 heavy (non-hydrogen) atoms. The summed E-state index contributed by atoms with van der Waals surface area (Å²) in [4.78, 5) is 22.4. The molecular formula is C12H17F3O4. The van der Waals surface area contributed by atoms with Crippen LogP contribution in [0.4, 0.5) is 13.2 Å². The first-order valence-corrected chi connectivity index (χ1v) is 5.54. The Morgan fingerprint density at radius 1 is 1.11 bits per heavy atom. The van der Waals surface area contributed by atoms with Crippen LogP contribution in [0.1, 0.15) is 33.6 Å². The molecule has 0 unspecified atom stereocenters. The van der Waals surface area contributed by atoms with Crippen LogP contribution in [-0.2, 0) is 19.1 Å². The maximum atomic E-state index is 11.8. The van der Waals surface area contributed by atoms with Gasteiger partial charge in [-0.2, -0.15) is 13.2 Å². The van der Waals surface area contributed by atoms with Crippen molar-refractivity contribution in [3.05, 3.63) is 12.2 Å². The lowest BCUT2D eigenvalue weighted by atomic mass is 10.1. The van der Waals surface area contributed by atoms with Crippen molar-refractivity contribution in [2.45, 2.75) is 45.4 Å². The molecule has 0 heterocycles. The number of hydrogen-bond acceptors (Lipinski definition) is 4. The molecule has 0 atom stereocenters. The highest BCUT2D eigenvalue weighted by molar-refractivity contribution is 5.88. The minimum absolute atomic E-state index is 0.106. The third-order valence-corrected chi connectivity index (χ3v) is 1.71. The standard InChI is InChI=1S/C12H17F3O4/c1-8(10(17)18-7-12(13,14)15)5-6-9(16)19-11(2,3)4/h1,5-7H2,2-4H3. The maximum Gasteiger partial charge on any atom is 0.422 e. The average molecular weight is 282 g/mol. The number of halogens is 3. The number of alkyl halides is 3. The van der Waals surface area contributed by atoms with Gasteiger partial charge in [-0.25, -0.2) is 4.79 Å². The fourth-order valence-corrected chi connectivity index (χ4v) is 0.997. The van der Waals surface area contributed by atoms with Crippen LogP contribution in [0, 0.1) is 0 Å². The Hall–Kier alpha value is -1.53. The summed E-state index contributed by atoms with van der Waals surface area (Å²) in [5, 5.41) is 0. The molecule has 0 aromatic carbocycles. The highest BCUT2D eigenvalue weighted by Crippen LogP contribution is 2.16. The van der Waals surface area contributed by atoms with Gasteiger partial charge in [0.25, 0.3) is 0 Å². The van der Waals surface area contributed by atoms with Gasteiger partial charge < -0.3 is 9.47 Å². The minimum atomic E-state index is -4.58. The first-order valence-electron chi connectivity index (χ1n) is 5.54. The van der Waals surface area contributed by atoms with Gasteiger partial charge in [0.05, 0.1) is 0 Å². The van der Waals surface area contributed by atoms with Crippen molar-refractivity contribution in [3.8, 4) is 0 Å². The topological polar surface area (TPSA) is 52.6 Å². The zero-order valence-corrected chi connectivity index (χ0v) is 11.1. The Kier molecular flexibility index (Phi) is 6.05. The summed E-state index contributed by atoms with van der Waals surface area (Å²) >= 11 is 0. The number of carbonyl (C=O) groups is 2. The van der Waals surface area contributed by atoms with E-state index < -0.39 is 30.3 Å². The maximum absolute atomic E-state index is 11.8. The first kappa shape index (κ1) is 17.5. The summed E-state index contributed by atoms with van der Waals surface area (Å²) in [6.45, 7) is 6.64. The van der Waals surface area contributed by atoms with Crippen LogP contribution in [0.15, 0.2) is 12.2 Å². The summed E-state index contributed by atoms with van der Waals surface area (Å²) in [5.74, 6) is -1.72. The van der Waals surface area contributed by atoms with Gasteiger partial charge in [0.1, 0.15) is 5.60 Å². The van der Waals surface area contributed by atoms with Crippen LogP contribution >= 0.6 is 0 Å². The highest BCUT2D eigenvalue weighted by Gasteiger charge is 2.30. The summed E-state index contributed by atoms with van der Waals surface area (Å²) in [7, 11) is 0. The van der Waals surface area contributed by atoms with Gasteiger partial charge in [0.15, 0.2) is 6.61 Å². The molecule has 0 aromatic rings. The van der Waals surface area contributed by atoms with E-state index in [0.717, 1.165) is 0 Å². The molecule has 0 bridgehead atoms. The molecule has 0 radical (unpaired) electrons. The van der Waals surface area contributed by atoms with Crippen molar-refractivity contribution in [1.29, 1.82) is 0 Å². The van der Waals surface area contributed by atoms with Crippen molar-refractivity contribution in [3.63, 3.8) is 0 Å². The van der Waals surface area contributed by atoms with Crippen molar-refractivity contribution in [2.24, 2.45) is 0 Å². The van der Waals surface area contributed by atoms with Gasteiger partial charge in [-0.15, -0.1) is 0 Å². The second-order valence-corrected chi connectivity index (χ2v) is 4.88. The summed E-state index contributed by atoms with van der Waals surface area (Å²) in [6, 6.07) is 0. The van der Waals surface area contributed by atoms with Gasteiger partial charge in [-0.05, 0) is 27.2 Å². The molecule has 0 aliphatic carbocycles. The van der Waals surface area contributed by atoms with Gasteiger partial charge in [0, 0.05) is 12.0 Å². The predicted octanol–water partition coefficient (Wildman–Crippen LogP) is 2.77. The van der Waals surface area contributed by atoms with E-state index in [2.05, 4.69) is 11.3 Å². The quantitative estimate of drug-likeness (QED) is 0.574. The normalized spacial score (nSPS) is 11.9. The smallest absolute Gasteiger partial charge is 0.422 e. The first-order chi connectivity index (χ1) is 8.41. The molecule has 110 valence electrons. The molecule has 0 aromatic heterocycles. The van der Waals surface area contributed by atoms with E-state index in [1.165, 1.54) is 0 Å². The number of rotatable bonds is 5. The van der Waals surface area contributed by atoms with Crippen molar-refractivity contribution in [2.75, 3.05) is 6.61 Å². The molecule has 0 aliphatic heterocycles. The van der Waals surface area contributed by atoms with Gasteiger partial charge >= 0.3 is 18.1 Å². The molecule has 0 N–H and O–H groups in total. The van der Waals surface area contributed by atoms with Crippen LogP contribution in [0.25, 0.3) is 0 Å². The summed E-state index contributed by atoms with van der Waals surface area (Å²) < 4.78 is 44.4. The average Bonchev–Trinajstić information content (AvgIpc) is 2.19. The molecule has 0 fully saturated rings. The fraction of sp³-hybridized carbons (Fsp3) is 0.667. The van der Waals surface area contributed by atoms with Crippen LogP contribution in [-0.4, -0.2) is 30.3 Å². The molecule has 0 rings (SSSR count). The SMILES string of the molecule is C=C(CCC(=O)OC(C)(C)C)C(=O)OCC(F)(F)F. The lowest BCUT2D eigenvalue weighted by molar-refractivity contribution is -0.183. The van der Waals surface area contributed by atoms with E-state index in [9.17, 15) is 22.8 Å². The number of ether oxygens (including phenoxy) is 2. The van der Waals surface area contributed by atoms with Crippen LogP contribution in [0.3, 0.4) is 0 Å². The van der Waals surface area contributed by atoms with E-state index in [1.54, 1.807) is 20.8 Å². The molecule has 4 nitrogen and oxygen atoms in total. The van der Waals surface area contributed by atoms with Crippen molar-refractivity contribution >= 4 is 11.9 Å². The van der Waals surface area contributed by atoms with Crippen molar-refractivity contribution in [1.82, 2.24) is 0 Å². The fourth-order valence-electron chi connectivity index (χ4n) is 0.997. The third-order valence-electron chi connectivity index (χ3n) is 1.71. The minimum Gasteiger partial charge on any atom is -0.460 e. The Bertz CT molecular complexity index is 353. The molecule has 0 aliphatic rings. The summed E-state index contributed by atoms with van der Waals surface area (Å²) in [5.41, 5.74) is -0.857. The van der Waals surface area contributed by atoms with Crippen LogP contribution in [0.5, 0.6) is 0 Å². The Labute approximate surface area is 109 Å². The Balaban J connectivity index is 4.05. The summed E-state index contributed by atoms with van der Waals surface area (Å²) in [6.07, 6.45) is -4.83. The molecule has 0 amide bonds. The Morgan fingerprint density at radius 3 is 2.05 bits per heavy atom. The second kappa shape index (κ2) is 6.58. The number of esters is 2. The van der Waals surface area contributed by atoms with Gasteiger partial charge in [0.2, 0.25) is 0 Å². The molecule has 7 heteroatoms. The van der Waals surface area contributed by atoms with Gasteiger partial charge in [-0.3, -0.25) is 4.79 Å². The van der Waals surface area contributed by atoms with Crippen LogP contribution < -0.4 is 0 Å². The van der Waals surface area contributed by atoms with E-state index in [0.29, 0.717) is 0 Å². The second-order valence-electron chi connectivity index (χ2n) is 4.88. The zero-order chi connectivity index (χ0) is 15.3.